The van der Waals surface area contributed by atoms with Crippen LogP contribution in [-0.2, 0) is 9.84 Å². The van der Waals surface area contributed by atoms with Crippen molar-refractivity contribution in [3.8, 4) is 0 Å². The molecule has 22 heavy (non-hydrogen) atoms. The van der Waals surface area contributed by atoms with Crippen LogP contribution >= 0.6 is 15.9 Å². The monoisotopic (exact) mass is 381 g/mol. The summed E-state index contributed by atoms with van der Waals surface area (Å²) in [6.45, 7) is 3.47. The second kappa shape index (κ2) is 6.62. The van der Waals surface area contributed by atoms with Crippen LogP contribution < -0.4 is 5.32 Å². The van der Waals surface area contributed by atoms with Crippen LogP contribution in [0.5, 0.6) is 0 Å². The summed E-state index contributed by atoms with van der Waals surface area (Å²) in [6.07, 6.45) is 0. The number of benzene rings is 2. The van der Waals surface area contributed by atoms with Gasteiger partial charge in [-0.1, -0.05) is 35.0 Å². The molecule has 0 aliphatic heterocycles. The van der Waals surface area contributed by atoms with Gasteiger partial charge < -0.3 is 5.32 Å². The molecule has 4 nitrogen and oxygen atoms in total. The summed E-state index contributed by atoms with van der Waals surface area (Å²) in [4.78, 5) is 12.5. The molecule has 0 fully saturated rings. The van der Waals surface area contributed by atoms with Crippen LogP contribution in [-0.4, -0.2) is 20.1 Å². The van der Waals surface area contributed by atoms with Gasteiger partial charge in [-0.15, -0.1) is 0 Å². The molecule has 1 amide bonds. The normalized spacial score (nSPS) is 11.2. The van der Waals surface area contributed by atoms with Crippen LogP contribution in [0.15, 0.2) is 51.8 Å². The van der Waals surface area contributed by atoms with Gasteiger partial charge in [0.2, 0.25) is 0 Å². The number of rotatable bonds is 4. The molecule has 0 spiro atoms. The smallest absolute Gasteiger partial charge is 0.256 e. The minimum absolute atomic E-state index is 0.0469. The molecule has 0 aromatic heterocycles. The maximum absolute atomic E-state index is 12.4. The van der Waals surface area contributed by atoms with Gasteiger partial charge in [0.25, 0.3) is 5.91 Å². The third-order valence-electron chi connectivity index (χ3n) is 3.26. The van der Waals surface area contributed by atoms with Crippen molar-refractivity contribution in [1.82, 2.24) is 0 Å². The zero-order valence-corrected chi connectivity index (χ0v) is 14.7. The van der Waals surface area contributed by atoms with Gasteiger partial charge in [0.1, 0.15) is 0 Å². The van der Waals surface area contributed by atoms with Crippen LogP contribution in [0.25, 0.3) is 0 Å². The maximum atomic E-state index is 12.4. The average Bonchev–Trinajstić information content (AvgIpc) is 2.51. The first-order valence-electron chi connectivity index (χ1n) is 6.74. The predicted molar refractivity (Wildman–Crippen MR) is 91.0 cm³/mol. The maximum Gasteiger partial charge on any atom is 0.256 e. The molecule has 2 aromatic rings. The minimum Gasteiger partial charge on any atom is -0.322 e. The largest absolute Gasteiger partial charge is 0.322 e. The summed E-state index contributed by atoms with van der Waals surface area (Å²) in [7, 11) is -3.45. The molecule has 0 heterocycles. The Morgan fingerprint density at radius 3 is 2.50 bits per heavy atom. The van der Waals surface area contributed by atoms with E-state index in [1.807, 2.05) is 19.1 Å². The van der Waals surface area contributed by atoms with Crippen molar-refractivity contribution < 1.29 is 13.2 Å². The van der Waals surface area contributed by atoms with Crippen molar-refractivity contribution in [2.24, 2.45) is 0 Å². The number of carbonyl (C=O) groups is 1. The van der Waals surface area contributed by atoms with E-state index in [1.54, 1.807) is 25.1 Å². The van der Waals surface area contributed by atoms with Crippen LogP contribution in [0, 0.1) is 6.92 Å². The highest BCUT2D eigenvalue weighted by Gasteiger charge is 2.20. The minimum atomic E-state index is -3.45. The second-order valence-corrected chi connectivity index (χ2v) is 7.92. The van der Waals surface area contributed by atoms with E-state index in [1.165, 1.54) is 12.1 Å². The molecule has 0 saturated carbocycles. The van der Waals surface area contributed by atoms with Gasteiger partial charge in [0, 0.05) is 10.2 Å². The number of hydrogen-bond donors (Lipinski definition) is 1. The first-order chi connectivity index (χ1) is 10.3. The SMILES string of the molecule is CCS(=O)(=O)c1ccccc1C(=O)Nc1ccc(Br)c(C)c1. The number of aryl methyl sites for hydroxylation is 1. The van der Waals surface area contributed by atoms with Gasteiger partial charge in [-0.25, -0.2) is 8.42 Å². The van der Waals surface area contributed by atoms with Gasteiger partial charge in [-0.05, 0) is 42.8 Å². The summed E-state index contributed by atoms with van der Waals surface area (Å²) in [6, 6.07) is 11.6. The van der Waals surface area contributed by atoms with Crippen LogP contribution in [0.3, 0.4) is 0 Å². The van der Waals surface area contributed by atoms with Crippen LogP contribution in [0.2, 0.25) is 0 Å². The summed E-state index contributed by atoms with van der Waals surface area (Å²) in [5.74, 6) is -0.483. The van der Waals surface area contributed by atoms with E-state index in [4.69, 9.17) is 0 Å². The highest BCUT2D eigenvalue weighted by molar-refractivity contribution is 9.10. The lowest BCUT2D eigenvalue weighted by Crippen LogP contribution is -2.17. The van der Waals surface area contributed by atoms with Crippen molar-refractivity contribution in [3.05, 3.63) is 58.1 Å². The molecular formula is C16H16BrNO3S. The molecule has 0 saturated heterocycles. The number of sulfone groups is 1. The number of amides is 1. The van der Waals surface area contributed by atoms with E-state index in [9.17, 15) is 13.2 Å². The lowest BCUT2D eigenvalue weighted by Gasteiger charge is -2.11. The van der Waals surface area contributed by atoms with Crippen LogP contribution in [0.1, 0.15) is 22.8 Å². The summed E-state index contributed by atoms with van der Waals surface area (Å²) < 4.78 is 25.1. The lowest BCUT2D eigenvalue weighted by atomic mass is 10.2. The Hall–Kier alpha value is -1.66. The molecular weight excluding hydrogens is 366 g/mol. The molecule has 1 N–H and O–H groups in total. The lowest BCUT2D eigenvalue weighted by molar-refractivity contribution is 0.102. The van der Waals surface area contributed by atoms with E-state index in [0.29, 0.717) is 5.69 Å². The van der Waals surface area contributed by atoms with E-state index in [0.717, 1.165) is 10.0 Å². The standard InChI is InChI=1S/C16H16BrNO3S/c1-3-22(20,21)15-7-5-4-6-13(15)16(19)18-12-8-9-14(17)11(2)10-12/h4-10H,3H2,1-2H3,(H,18,19). The number of carbonyl (C=O) groups excluding carboxylic acids is 1. The highest BCUT2D eigenvalue weighted by Crippen LogP contribution is 2.22. The van der Waals surface area contributed by atoms with E-state index in [2.05, 4.69) is 21.2 Å². The fraction of sp³-hybridized carbons (Fsp3) is 0.188. The Labute approximate surface area is 138 Å². The van der Waals surface area contributed by atoms with Crippen molar-refractivity contribution in [1.29, 1.82) is 0 Å². The van der Waals surface area contributed by atoms with Gasteiger partial charge in [-0.3, -0.25) is 4.79 Å². The predicted octanol–water partition coefficient (Wildman–Crippen LogP) is 3.80. The Bertz CT molecular complexity index is 816. The Morgan fingerprint density at radius 1 is 1.18 bits per heavy atom. The number of anilines is 1. The molecule has 0 radical (unpaired) electrons. The summed E-state index contributed by atoms with van der Waals surface area (Å²) in [5.41, 5.74) is 1.76. The van der Waals surface area contributed by atoms with Gasteiger partial charge in [-0.2, -0.15) is 0 Å². The molecule has 6 heteroatoms. The molecule has 0 aliphatic rings. The molecule has 0 atom stereocenters. The van der Waals surface area contributed by atoms with Gasteiger partial charge in [0.15, 0.2) is 9.84 Å². The Morgan fingerprint density at radius 2 is 1.86 bits per heavy atom. The zero-order valence-electron chi connectivity index (χ0n) is 12.3. The fourth-order valence-corrected chi connectivity index (χ4v) is 3.34. The first kappa shape index (κ1) is 16.7. The third kappa shape index (κ3) is 3.56. The number of nitrogens with one attached hydrogen (secondary N) is 1. The summed E-state index contributed by atoms with van der Waals surface area (Å²) >= 11 is 3.40. The zero-order chi connectivity index (χ0) is 16.3. The summed E-state index contributed by atoms with van der Waals surface area (Å²) in [5, 5.41) is 2.74. The van der Waals surface area contributed by atoms with Crippen molar-refractivity contribution in [2.75, 3.05) is 11.1 Å². The number of hydrogen-bond acceptors (Lipinski definition) is 3. The molecule has 116 valence electrons. The number of halogens is 1. The van der Waals surface area contributed by atoms with Gasteiger partial charge >= 0.3 is 0 Å². The molecule has 0 aliphatic carbocycles. The molecule has 0 bridgehead atoms. The molecule has 2 rings (SSSR count). The highest BCUT2D eigenvalue weighted by atomic mass is 79.9. The van der Waals surface area contributed by atoms with Crippen molar-refractivity contribution >= 4 is 37.4 Å². The van der Waals surface area contributed by atoms with Crippen LogP contribution in [0.4, 0.5) is 5.69 Å². The molecule has 2 aromatic carbocycles. The van der Waals surface area contributed by atoms with Gasteiger partial charge in [0.05, 0.1) is 16.2 Å². The van der Waals surface area contributed by atoms with E-state index >= 15 is 0 Å². The first-order valence-corrected chi connectivity index (χ1v) is 9.19. The second-order valence-electron chi connectivity index (χ2n) is 4.82. The molecule has 0 unspecified atom stereocenters. The fourth-order valence-electron chi connectivity index (χ4n) is 2.00. The third-order valence-corrected chi connectivity index (χ3v) is 5.94. The van der Waals surface area contributed by atoms with E-state index in [-0.39, 0.29) is 16.2 Å². The Kier molecular flexibility index (Phi) is 5.03. The Balaban J connectivity index is 2.36. The average molecular weight is 382 g/mol. The topological polar surface area (TPSA) is 63.2 Å². The van der Waals surface area contributed by atoms with Crippen molar-refractivity contribution in [2.45, 2.75) is 18.7 Å². The van der Waals surface area contributed by atoms with E-state index < -0.39 is 15.7 Å². The van der Waals surface area contributed by atoms with Crippen molar-refractivity contribution in [3.63, 3.8) is 0 Å². The quantitative estimate of drug-likeness (QED) is 0.875.